The van der Waals surface area contributed by atoms with E-state index in [-0.39, 0.29) is 22.0 Å². The summed E-state index contributed by atoms with van der Waals surface area (Å²) in [5.41, 5.74) is 1.99. The first kappa shape index (κ1) is 17.9. The topological polar surface area (TPSA) is 85.8 Å². The van der Waals surface area contributed by atoms with E-state index in [0.717, 1.165) is 6.07 Å². The summed E-state index contributed by atoms with van der Waals surface area (Å²) in [4.78, 5) is 20.0. The highest BCUT2D eigenvalue weighted by atomic mass is 35.5. The fourth-order valence-electron chi connectivity index (χ4n) is 2.43. The predicted octanol–water partition coefficient (Wildman–Crippen LogP) is 3.21. The Morgan fingerprint density at radius 3 is 2.50 bits per heavy atom. The summed E-state index contributed by atoms with van der Waals surface area (Å²) in [6, 6.07) is 5.59. The molecule has 6 nitrogen and oxygen atoms in total. The van der Waals surface area contributed by atoms with Crippen LogP contribution in [-0.4, -0.2) is 20.4 Å². The quantitative estimate of drug-likeness (QED) is 0.414. The Labute approximate surface area is 150 Å². The minimum atomic E-state index is -4.57. The lowest BCUT2D eigenvalue weighted by Crippen LogP contribution is -2.32. The third-order valence-corrected chi connectivity index (χ3v) is 3.89. The van der Waals surface area contributed by atoms with Crippen molar-refractivity contribution in [3.8, 4) is 16.9 Å². The van der Waals surface area contributed by atoms with Crippen LogP contribution in [0.1, 0.15) is 16.1 Å². The number of halogens is 4. The summed E-state index contributed by atoms with van der Waals surface area (Å²) >= 11 is 6.00. The van der Waals surface area contributed by atoms with Gasteiger partial charge in [0.15, 0.2) is 0 Å². The van der Waals surface area contributed by atoms with Crippen molar-refractivity contribution < 1.29 is 18.0 Å². The second-order valence-electron chi connectivity index (χ2n) is 5.18. The van der Waals surface area contributed by atoms with Crippen LogP contribution in [0, 0.1) is 0 Å². The van der Waals surface area contributed by atoms with Crippen molar-refractivity contribution in [3.63, 3.8) is 0 Å². The molecule has 0 aromatic carbocycles. The molecule has 0 spiro atoms. The minimum Gasteiger partial charge on any atom is -0.312 e. The van der Waals surface area contributed by atoms with Gasteiger partial charge in [-0.15, -0.1) is 0 Å². The third-order valence-electron chi connectivity index (χ3n) is 3.60. The van der Waals surface area contributed by atoms with Crippen molar-refractivity contribution in [1.29, 1.82) is 0 Å². The molecule has 0 fully saturated rings. The maximum atomic E-state index is 12.8. The number of aromatic nitrogens is 3. The number of hydrogen-bond donors (Lipinski definition) is 2. The smallest absolute Gasteiger partial charge is 0.312 e. The van der Waals surface area contributed by atoms with E-state index in [1.54, 1.807) is 18.3 Å². The van der Waals surface area contributed by atoms with Gasteiger partial charge in [0, 0.05) is 36.0 Å². The highest BCUT2D eigenvalue weighted by molar-refractivity contribution is 6.33. The highest BCUT2D eigenvalue weighted by Gasteiger charge is 2.32. The number of nitrogens with two attached hydrogens (primary N) is 1. The Kier molecular flexibility index (Phi) is 4.66. The van der Waals surface area contributed by atoms with Crippen LogP contribution in [0.5, 0.6) is 0 Å². The molecule has 3 heterocycles. The zero-order chi connectivity index (χ0) is 18.9. The molecule has 0 aliphatic carbocycles. The number of pyridine rings is 2. The molecule has 26 heavy (non-hydrogen) atoms. The van der Waals surface area contributed by atoms with Crippen molar-refractivity contribution in [1.82, 2.24) is 20.0 Å². The van der Waals surface area contributed by atoms with Crippen LogP contribution in [-0.2, 0) is 6.18 Å². The molecule has 3 rings (SSSR count). The Bertz CT molecular complexity index is 956. The van der Waals surface area contributed by atoms with Crippen molar-refractivity contribution >= 4 is 17.5 Å². The summed E-state index contributed by atoms with van der Waals surface area (Å²) < 4.78 is 39.9. The number of carbonyl (C=O) groups excluding carboxylic acids is 1. The van der Waals surface area contributed by atoms with Gasteiger partial charge in [0.05, 0.1) is 16.3 Å². The number of hydrazine groups is 1. The van der Waals surface area contributed by atoms with Crippen LogP contribution in [0.25, 0.3) is 16.9 Å². The van der Waals surface area contributed by atoms with Crippen molar-refractivity contribution in [2.24, 2.45) is 5.84 Å². The van der Waals surface area contributed by atoms with Crippen LogP contribution in [0.15, 0.2) is 49.1 Å². The zero-order valence-corrected chi connectivity index (χ0v) is 13.7. The fraction of sp³-hybridized carbons (Fsp3) is 0.0625. The van der Waals surface area contributed by atoms with Crippen molar-refractivity contribution in [2.75, 3.05) is 0 Å². The molecule has 0 aliphatic heterocycles. The molecular weight excluding hydrogens is 371 g/mol. The lowest BCUT2D eigenvalue weighted by Gasteiger charge is -2.12. The van der Waals surface area contributed by atoms with Crippen LogP contribution >= 0.6 is 11.6 Å². The second-order valence-corrected chi connectivity index (χ2v) is 5.59. The molecule has 0 saturated heterocycles. The van der Waals surface area contributed by atoms with Gasteiger partial charge in [0.1, 0.15) is 5.69 Å². The molecular formula is C16H11ClF3N5O. The molecule has 3 N–H and O–H groups in total. The number of carbonyl (C=O) groups is 1. The van der Waals surface area contributed by atoms with Gasteiger partial charge in [0.25, 0.3) is 5.91 Å². The van der Waals surface area contributed by atoms with Gasteiger partial charge in [-0.2, -0.15) is 13.2 Å². The molecule has 3 aromatic rings. The molecule has 0 bridgehead atoms. The van der Waals surface area contributed by atoms with Crippen molar-refractivity contribution in [2.45, 2.75) is 6.18 Å². The van der Waals surface area contributed by atoms with Gasteiger partial charge >= 0.3 is 6.18 Å². The summed E-state index contributed by atoms with van der Waals surface area (Å²) in [6.07, 6.45) is 0.709. The maximum absolute atomic E-state index is 12.8. The Balaban J connectivity index is 2.17. The molecule has 0 atom stereocenters. The monoisotopic (exact) mass is 381 g/mol. The standard InChI is InChI=1S/C16H11ClF3N5O/c17-12-7-9(16(18,19)20)8-23-13(12)11-3-6-25(14(11)15(26)24-21)10-1-4-22-5-2-10/h1-8H,21H2,(H,24,26). The number of nitrogen functional groups attached to an aromatic ring is 1. The predicted molar refractivity (Wildman–Crippen MR) is 88.5 cm³/mol. The highest BCUT2D eigenvalue weighted by Crippen LogP contribution is 2.35. The van der Waals surface area contributed by atoms with Gasteiger partial charge in [-0.05, 0) is 24.3 Å². The molecule has 1 amide bonds. The molecule has 0 aliphatic rings. The maximum Gasteiger partial charge on any atom is 0.417 e. The normalized spacial score (nSPS) is 11.4. The Morgan fingerprint density at radius 1 is 1.23 bits per heavy atom. The summed E-state index contributed by atoms with van der Waals surface area (Å²) in [6.45, 7) is 0. The van der Waals surface area contributed by atoms with E-state index in [9.17, 15) is 18.0 Å². The van der Waals surface area contributed by atoms with Gasteiger partial charge in [-0.1, -0.05) is 11.6 Å². The van der Waals surface area contributed by atoms with E-state index in [0.29, 0.717) is 11.9 Å². The summed E-state index contributed by atoms with van der Waals surface area (Å²) in [5, 5.41) is -0.238. The van der Waals surface area contributed by atoms with Gasteiger partial charge in [-0.25, -0.2) is 5.84 Å². The van der Waals surface area contributed by atoms with Gasteiger partial charge < -0.3 is 4.57 Å². The molecule has 0 radical (unpaired) electrons. The number of alkyl halides is 3. The minimum absolute atomic E-state index is 0.0334. The first-order valence-corrected chi connectivity index (χ1v) is 7.56. The van der Waals surface area contributed by atoms with E-state index in [1.165, 1.54) is 23.0 Å². The zero-order valence-electron chi connectivity index (χ0n) is 13.0. The molecule has 134 valence electrons. The van der Waals surface area contributed by atoms with Crippen LogP contribution < -0.4 is 11.3 Å². The SMILES string of the molecule is NNC(=O)c1c(-c2ncc(C(F)(F)F)cc2Cl)ccn1-c1ccncc1. The number of amides is 1. The molecule has 0 unspecified atom stereocenters. The molecule has 10 heteroatoms. The van der Waals surface area contributed by atoms with Crippen LogP contribution in [0.2, 0.25) is 5.02 Å². The van der Waals surface area contributed by atoms with E-state index < -0.39 is 17.6 Å². The summed E-state index contributed by atoms with van der Waals surface area (Å²) in [5.74, 6) is 4.60. The van der Waals surface area contributed by atoms with Crippen LogP contribution in [0.4, 0.5) is 13.2 Å². The van der Waals surface area contributed by atoms with E-state index >= 15 is 0 Å². The lowest BCUT2D eigenvalue weighted by atomic mass is 10.1. The Hall–Kier alpha value is -2.91. The number of hydrogen-bond acceptors (Lipinski definition) is 4. The average molecular weight is 382 g/mol. The summed E-state index contributed by atoms with van der Waals surface area (Å²) in [7, 11) is 0. The molecule has 3 aromatic heterocycles. The van der Waals surface area contributed by atoms with Gasteiger partial charge in [0.2, 0.25) is 0 Å². The first-order chi connectivity index (χ1) is 12.3. The second kappa shape index (κ2) is 6.77. The fourth-order valence-corrected chi connectivity index (χ4v) is 2.70. The lowest BCUT2D eigenvalue weighted by molar-refractivity contribution is -0.137. The van der Waals surface area contributed by atoms with E-state index in [4.69, 9.17) is 17.4 Å². The number of nitrogens with one attached hydrogen (secondary N) is 1. The number of rotatable bonds is 3. The number of nitrogens with zero attached hydrogens (tertiary/aromatic N) is 3. The van der Waals surface area contributed by atoms with E-state index in [2.05, 4.69) is 9.97 Å². The largest absolute Gasteiger partial charge is 0.417 e. The average Bonchev–Trinajstić information content (AvgIpc) is 3.05. The third kappa shape index (κ3) is 3.26. The molecule has 0 saturated carbocycles. The Morgan fingerprint density at radius 2 is 1.92 bits per heavy atom. The van der Waals surface area contributed by atoms with Crippen LogP contribution in [0.3, 0.4) is 0 Å². The first-order valence-electron chi connectivity index (χ1n) is 7.18. The van der Waals surface area contributed by atoms with E-state index in [1.807, 2.05) is 5.43 Å². The van der Waals surface area contributed by atoms with Crippen molar-refractivity contribution in [3.05, 3.63) is 65.3 Å². The van der Waals surface area contributed by atoms with Gasteiger partial charge in [-0.3, -0.25) is 20.2 Å².